The third kappa shape index (κ3) is 1.60. The molecule has 0 radical (unpaired) electrons. The summed E-state index contributed by atoms with van der Waals surface area (Å²) < 4.78 is 26.2. The number of nitrogens with zero attached hydrogens (tertiary/aromatic N) is 1. The maximum absolute atomic E-state index is 12.0. The van der Waals surface area contributed by atoms with Gasteiger partial charge in [-0.1, -0.05) is 6.07 Å². The molecule has 78 valence electrons. The highest BCUT2D eigenvalue weighted by atomic mass is 32.2. The Kier molecular flexibility index (Phi) is 2.64. The molecular weight excluding hydrogens is 218 g/mol. The molecule has 0 N–H and O–H groups in total. The van der Waals surface area contributed by atoms with Crippen molar-refractivity contribution in [1.29, 1.82) is 0 Å². The lowest BCUT2D eigenvalue weighted by Gasteiger charge is -2.19. The molecule has 0 aliphatic carbocycles. The fraction of sp³-hybridized carbons (Fsp3) is 0.556. The molecule has 5 heteroatoms. The van der Waals surface area contributed by atoms with Crippen molar-refractivity contribution in [2.45, 2.75) is 30.0 Å². The standard InChI is InChI=1S/C9H13NO2S2/c1-8-4-2-6-10(8)14(11,12)9-5-3-7-13-9/h3,5,7-8H,2,4,6H2,1H3. The van der Waals surface area contributed by atoms with Crippen LogP contribution in [0, 0.1) is 0 Å². The minimum absolute atomic E-state index is 0.155. The molecule has 14 heavy (non-hydrogen) atoms. The van der Waals surface area contributed by atoms with Crippen LogP contribution in [0.15, 0.2) is 21.7 Å². The van der Waals surface area contributed by atoms with Crippen molar-refractivity contribution in [3.8, 4) is 0 Å². The van der Waals surface area contributed by atoms with Crippen molar-refractivity contribution in [1.82, 2.24) is 4.31 Å². The van der Waals surface area contributed by atoms with E-state index >= 15 is 0 Å². The first kappa shape index (κ1) is 10.1. The molecule has 0 saturated carbocycles. The van der Waals surface area contributed by atoms with Crippen molar-refractivity contribution < 1.29 is 8.42 Å². The van der Waals surface area contributed by atoms with Crippen LogP contribution in [0.4, 0.5) is 0 Å². The van der Waals surface area contributed by atoms with Crippen LogP contribution in [-0.4, -0.2) is 25.3 Å². The Bertz CT molecular complexity index is 396. The van der Waals surface area contributed by atoms with E-state index in [0.29, 0.717) is 10.8 Å². The molecule has 1 unspecified atom stereocenters. The second-order valence-electron chi connectivity index (χ2n) is 3.54. The molecule has 0 spiro atoms. The number of hydrogen-bond acceptors (Lipinski definition) is 3. The molecule has 0 aromatic carbocycles. The lowest BCUT2D eigenvalue weighted by molar-refractivity contribution is 0.409. The van der Waals surface area contributed by atoms with Crippen molar-refractivity contribution >= 4 is 21.4 Å². The first-order valence-corrected chi connectivity index (χ1v) is 6.99. The largest absolute Gasteiger partial charge is 0.252 e. The summed E-state index contributed by atoms with van der Waals surface area (Å²) in [6.45, 7) is 2.64. The summed E-state index contributed by atoms with van der Waals surface area (Å²) in [5, 5.41) is 1.80. The zero-order valence-electron chi connectivity index (χ0n) is 8.01. The van der Waals surface area contributed by atoms with Gasteiger partial charge in [-0.15, -0.1) is 11.3 Å². The third-order valence-corrected chi connectivity index (χ3v) is 5.94. The number of sulfonamides is 1. The monoisotopic (exact) mass is 231 g/mol. The van der Waals surface area contributed by atoms with E-state index in [2.05, 4.69) is 0 Å². The van der Waals surface area contributed by atoms with E-state index < -0.39 is 10.0 Å². The molecule has 1 aromatic rings. The van der Waals surface area contributed by atoms with Crippen LogP contribution < -0.4 is 0 Å². The molecule has 1 aliphatic rings. The van der Waals surface area contributed by atoms with Gasteiger partial charge in [0.1, 0.15) is 4.21 Å². The van der Waals surface area contributed by atoms with Crippen molar-refractivity contribution in [2.24, 2.45) is 0 Å². The normalized spacial score (nSPS) is 24.2. The summed E-state index contributed by atoms with van der Waals surface area (Å²) >= 11 is 1.29. The van der Waals surface area contributed by atoms with Gasteiger partial charge in [-0.2, -0.15) is 4.31 Å². The average molecular weight is 231 g/mol. The maximum Gasteiger partial charge on any atom is 0.252 e. The number of rotatable bonds is 2. The van der Waals surface area contributed by atoms with E-state index in [1.807, 2.05) is 6.92 Å². The minimum Gasteiger partial charge on any atom is -0.206 e. The van der Waals surface area contributed by atoms with Crippen LogP contribution in [0.5, 0.6) is 0 Å². The smallest absolute Gasteiger partial charge is 0.206 e. The van der Waals surface area contributed by atoms with Gasteiger partial charge in [0.2, 0.25) is 0 Å². The van der Waals surface area contributed by atoms with Crippen molar-refractivity contribution in [3.05, 3.63) is 17.5 Å². The molecule has 1 aromatic heterocycles. The zero-order chi connectivity index (χ0) is 10.2. The summed E-state index contributed by atoms with van der Waals surface area (Å²) in [5.41, 5.74) is 0. The molecule has 1 atom stereocenters. The minimum atomic E-state index is -3.19. The second-order valence-corrected chi connectivity index (χ2v) is 6.60. The van der Waals surface area contributed by atoms with Gasteiger partial charge in [0.05, 0.1) is 0 Å². The van der Waals surface area contributed by atoms with Crippen LogP contribution in [-0.2, 0) is 10.0 Å². The molecule has 1 aliphatic heterocycles. The number of hydrogen-bond donors (Lipinski definition) is 0. The Morgan fingerprint density at radius 3 is 2.86 bits per heavy atom. The fourth-order valence-corrected chi connectivity index (χ4v) is 4.61. The Hall–Kier alpha value is -0.390. The van der Waals surface area contributed by atoms with Gasteiger partial charge in [-0.25, -0.2) is 8.42 Å². The average Bonchev–Trinajstić information content (AvgIpc) is 2.72. The third-order valence-electron chi connectivity index (χ3n) is 2.55. The molecule has 2 rings (SSSR count). The van der Waals surface area contributed by atoms with Gasteiger partial charge in [0, 0.05) is 12.6 Å². The SMILES string of the molecule is CC1CCCN1S(=O)(=O)c1cccs1. The first-order chi connectivity index (χ1) is 6.62. The van der Waals surface area contributed by atoms with Crippen LogP contribution in [0.2, 0.25) is 0 Å². The van der Waals surface area contributed by atoms with Gasteiger partial charge in [0.15, 0.2) is 0 Å². The van der Waals surface area contributed by atoms with E-state index in [1.54, 1.807) is 21.8 Å². The summed E-state index contributed by atoms with van der Waals surface area (Å²) in [4.78, 5) is 0. The zero-order valence-corrected chi connectivity index (χ0v) is 9.64. The van der Waals surface area contributed by atoms with E-state index in [9.17, 15) is 8.42 Å². The van der Waals surface area contributed by atoms with Gasteiger partial charge in [-0.3, -0.25) is 0 Å². The maximum atomic E-state index is 12.0. The molecule has 0 amide bonds. The Morgan fingerprint density at radius 1 is 1.57 bits per heavy atom. The van der Waals surface area contributed by atoms with Gasteiger partial charge >= 0.3 is 0 Å². The highest BCUT2D eigenvalue weighted by molar-refractivity contribution is 7.91. The van der Waals surface area contributed by atoms with Crippen LogP contribution in [0.25, 0.3) is 0 Å². The van der Waals surface area contributed by atoms with Crippen LogP contribution in [0.3, 0.4) is 0 Å². The Balaban J connectivity index is 2.33. The predicted molar refractivity (Wildman–Crippen MR) is 56.9 cm³/mol. The molecule has 2 heterocycles. The van der Waals surface area contributed by atoms with E-state index in [4.69, 9.17) is 0 Å². The van der Waals surface area contributed by atoms with Crippen LogP contribution in [0.1, 0.15) is 19.8 Å². The molecule has 3 nitrogen and oxygen atoms in total. The lowest BCUT2D eigenvalue weighted by Crippen LogP contribution is -2.33. The quantitative estimate of drug-likeness (QED) is 0.780. The van der Waals surface area contributed by atoms with E-state index in [0.717, 1.165) is 12.8 Å². The Morgan fingerprint density at radius 2 is 2.36 bits per heavy atom. The fourth-order valence-electron chi connectivity index (χ4n) is 1.79. The summed E-state index contributed by atoms with van der Waals surface area (Å²) in [5.74, 6) is 0. The Labute approximate surface area is 88.4 Å². The summed E-state index contributed by atoms with van der Waals surface area (Å²) in [6, 6.07) is 3.60. The molecule has 1 saturated heterocycles. The van der Waals surface area contributed by atoms with Crippen molar-refractivity contribution in [3.63, 3.8) is 0 Å². The topological polar surface area (TPSA) is 37.4 Å². The molecule has 1 fully saturated rings. The van der Waals surface area contributed by atoms with Crippen molar-refractivity contribution in [2.75, 3.05) is 6.54 Å². The summed E-state index contributed by atoms with van der Waals surface area (Å²) in [7, 11) is -3.19. The highest BCUT2D eigenvalue weighted by Crippen LogP contribution is 2.27. The van der Waals surface area contributed by atoms with Gasteiger partial charge in [0.25, 0.3) is 10.0 Å². The second kappa shape index (κ2) is 3.64. The van der Waals surface area contributed by atoms with Crippen LogP contribution >= 0.6 is 11.3 Å². The van der Waals surface area contributed by atoms with E-state index in [1.165, 1.54) is 11.3 Å². The van der Waals surface area contributed by atoms with Gasteiger partial charge in [-0.05, 0) is 31.2 Å². The number of thiophene rings is 1. The predicted octanol–water partition coefficient (Wildman–Crippen LogP) is 1.92. The van der Waals surface area contributed by atoms with E-state index in [-0.39, 0.29) is 6.04 Å². The van der Waals surface area contributed by atoms with Gasteiger partial charge < -0.3 is 0 Å². The molecular formula is C9H13NO2S2. The highest BCUT2D eigenvalue weighted by Gasteiger charge is 2.32. The summed E-state index contributed by atoms with van der Waals surface area (Å²) in [6.07, 6.45) is 1.95. The molecule has 0 bridgehead atoms. The first-order valence-electron chi connectivity index (χ1n) is 4.68. The lowest BCUT2D eigenvalue weighted by atomic mass is 10.3.